The number of rotatable bonds is 6. The van der Waals surface area contributed by atoms with Crippen molar-refractivity contribution in [2.45, 2.75) is 33.2 Å². The molecule has 19 heavy (non-hydrogen) atoms. The van der Waals surface area contributed by atoms with Crippen LogP contribution in [-0.4, -0.2) is 31.5 Å². The van der Waals surface area contributed by atoms with Crippen LogP contribution in [0.5, 0.6) is 0 Å². The normalized spacial score (nSPS) is 12.3. The third kappa shape index (κ3) is 3.71. The maximum atomic E-state index is 12.1. The Morgan fingerprint density at radius 3 is 2.68 bits per heavy atom. The molecule has 0 N–H and O–H groups in total. The number of anilines is 1. The van der Waals surface area contributed by atoms with Crippen molar-refractivity contribution in [1.29, 1.82) is 0 Å². The van der Waals surface area contributed by atoms with Crippen LogP contribution in [0.3, 0.4) is 0 Å². The Hall–Kier alpha value is -1.06. The number of carbonyl (C=O) groups is 1. The number of benzene rings is 1. The summed E-state index contributed by atoms with van der Waals surface area (Å²) in [4.78, 5) is 13.9. The smallest absolute Gasteiger partial charge is 0.242 e. The van der Waals surface area contributed by atoms with E-state index < -0.39 is 0 Å². The lowest BCUT2D eigenvalue weighted by atomic mass is 10.0. The van der Waals surface area contributed by atoms with Gasteiger partial charge in [0.1, 0.15) is 5.88 Å². The van der Waals surface area contributed by atoms with Gasteiger partial charge in [-0.3, -0.25) is 4.79 Å². The number of amides is 1. The van der Waals surface area contributed by atoms with Crippen LogP contribution >= 0.6 is 11.6 Å². The van der Waals surface area contributed by atoms with E-state index in [1.807, 2.05) is 26.0 Å². The van der Waals surface area contributed by atoms with E-state index in [0.717, 1.165) is 17.7 Å². The zero-order valence-corrected chi connectivity index (χ0v) is 12.8. The van der Waals surface area contributed by atoms with Crippen LogP contribution in [0, 0.1) is 6.92 Å². The van der Waals surface area contributed by atoms with Crippen molar-refractivity contribution in [1.82, 2.24) is 0 Å². The Labute approximate surface area is 120 Å². The van der Waals surface area contributed by atoms with Gasteiger partial charge in [0.05, 0.1) is 12.6 Å². The standard InChI is InChI=1S/C15H22ClNO2/c1-5-13-7-6-8-14(12(13)3)17(15(18)9-16)11(2)10-19-4/h6-8,11H,5,9-10H2,1-4H3/t11-/m0/s1. The molecule has 1 aromatic carbocycles. The van der Waals surface area contributed by atoms with Crippen LogP contribution < -0.4 is 4.90 Å². The van der Waals surface area contributed by atoms with Crippen molar-refractivity contribution in [3.8, 4) is 0 Å². The minimum absolute atomic E-state index is 0.0240. The molecule has 4 heteroatoms. The summed E-state index contributed by atoms with van der Waals surface area (Å²) in [6.07, 6.45) is 0.946. The van der Waals surface area contributed by atoms with Crippen molar-refractivity contribution >= 4 is 23.2 Å². The summed E-state index contributed by atoms with van der Waals surface area (Å²) in [5.74, 6) is -0.119. The van der Waals surface area contributed by atoms with Gasteiger partial charge in [0.2, 0.25) is 5.91 Å². The molecule has 0 bridgehead atoms. The van der Waals surface area contributed by atoms with Gasteiger partial charge in [-0.15, -0.1) is 11.6 Å². The highest BCUT2D eigenvalue weighted by Crippen LogP contribution is 2.26. The summed E-state index contributed by atoms with van der Waals surface area (Å²) in [5, 5.41) is 0. The SMILES string of the molecule is CCc1cccc(N(C(=O)CCl)[C@@H](C)COC)c1C. The first-order chi connectivity index (χ1) is 9.06. The first kappa shape index (κ1) is 16.0. The largest absolute Gasteiger partial charge is 0.383 e. The molecule has 1 atom stereocenters. The first-order valence-electron chi connectivity index (χ1n) is 6.52. The fourth-order valence-electron chi connectivity index (χ4n) is 2.31. The monoisotopic (exact) mass is 283 g/mol. The maximum absolute atomic E-state index is 12.1. The lowest BCUT2D eigenvalue weighted by Crippen LogP contribution is -2.42. The zero-order valence-electron chi connectivity index (χ0n) is 12.1. The van der Waals surface area contributed by atoms with Gasteiger partial charge in [-0.2, -0.15) is 0 Å². The van der Waals surface area contributed by atoms with Crippen molar-refractivity contribution in [3.63, 3.8) is 0 Å². The fraction of sp³-hybridized carbons (Fsp3) is 0.533. The van der Waals surface area contributed by atoms with Crippen molar-refractivity contribution in [2.75, 3.05) is 24.5 Å². The number of aryl methyl sites for hydroxylation is 1. The first-order valence-corrected chi connectivity index (χ1v) is 7.05. The lowest BCUT2D eigenvalue weighted by Gasteiger charge is -2.30. The van der Waals surface area contributed by atoms with Gasteiger partial charge in [0, 0.05) is 12.8 Å². The molecule has 1 aromatic rings. The van der Waals surface area contributed by atoms with E-state index in [4.69, 9.17) is 16.3 Å². The minimum Gasteiger partial charge on any atom is -0.383 e. The second-order valence-corrected chi connectivity index (χ2v) is 4.88. The summed E-state index contributed by atoms with van der Waals surface area (Å²) in [7, 11) is 1.63. The summed E-state index contributed by atoms with van der Waals surface area (Å²) < 4.78 is 5.16. The third-order valence-corrected chi connectivity index (χ3v) is 3.52. The molecule has 0 spiro atoms. The number of hydrogen-bond acceptors (Lipinski definition) is 2. The topological polar surface area (TPSA) is 29.5 Å². The molecule has 1 amide bonds. The molecule has 1 rings (SSSR count). The highest BCUT2D eigenvalue weighted by molar-refractivity contribution is 6.29. The zero-order chi connectivity index (χ0) is 14.4. The number of alkyl halides is 1. The molecule has 106 valence electrons. The molecule has 0 heterocycles. The molecule has 0 saturated carbocycles. The van der Waals surface area contributed by atoms with E-state index in [9.17, 15) is 4.79 Å². The molecule has 0 unspecified atom stereocenters. The van der Waals surface area contributed by atoms with Gasteiger partial charge in [-0.1, -0.05) is 19.1 Å². The predicted molar refractivity (Wildman–Crippen MR) is 80.1 cm³/mol. The van der Waals surface area contributed by atoms with E-state index in [0.29, 0.717) is 6.61 Å². The van der Waals surface area contributed by atoms with Gasteiger partial charge in [-0.05, 0) is 37.5 Å². The van der Waals surface area contributed by atoms with Gasteiger partial charge >= 0.3 is 0 Å². The summed E-state index contributed by atoms with van der Waals surface area (Å²) in [6, 6.07) is 5.99. The Morgan fingerprint density at radius 2 is 2.16 bits per heavy atom. The van der Waals surface area contributed by atoms with Crippen molar-refractivity contribution in [3.05, 3.63) is 29.3 Å². The van der Waals surface area contributed by atoms with E-state index in [1.54, 1.807) is 12.0 Å². The molecule has 0 fully saturated rings. The average Bonchev–Trinajstić information content (AvgIpc) is 2.41. The molecule has 3 nitrogen and oxygen atoms in total. The number of ether oxygens (including phenoxy) is 1. The van der Waals surface area contributed by atoms with Gasteiger partial charge in [-0.25, -0.2) is 0 Å². The number of nitrogens with zero attached hydrogens (tertiary/aromatic N) is 1. The minimum atomic E-state index is -0.0948. The van der Waals surface area contributed by atoms with Crippen LogP contribution in [0.1, 0.15) is 25.0 Å². The highest BCUT2D eigenvalue weighted by atomic mass is 35.5. The van der Waals surface area contributed by atoms with Gasteiger partial charge in [0.15, 0.2) is 0 Å². The van der Waals surface area contributed by atoms with Crippen LogP contribution in [0.4, 0.5) is 5.69 Å². The van der Waals surface area contributed by atoms with Crippen LogP contribution in [0.15, 0.2) is 18.2 Å². The van der Waals surface area contributed by atoms with Gasteiger partial charge in [0.25, 0.3) is 0 Å². The maximum Gasteiger partial charge on any atom is 0.242 e. The Balaban J connectivity index is 3.21. The summed E-state index contributed by atoms with van der Waals surface area (Å²) >= 11 is 5.73. The fourth-order valence-corrected chi connectivity index (χ4v) is 2.44. The van der Waals surface area contributed by atoms with Crippen LogP contribution in [0.2, 0.25) is 0 Å². The van der Waals surface area contributed by atoms with Crippen molar-refractivity contribution in [2.24, 2.45) is 0 Å². The Kier molecular flexibility index (Phi) is 6.32. The number of hydrogen-bond donors (Lipinski definition) is 0. The molecular weight excluding hydrogens is 262 g/mol. The van der Waals surface area contributed by atoms with E-state index in [1.165, 1.54) is 5.56 Å². The summed E-state index contributed by atoms with van der Waals surface area (Å²) in [5.41, 5.74) is 3.30. The van der Waals surface area contributed by atoms with E-state index in [-0.39, 0.29) is 17.8 Å². The number of halogens is 1. The molecule has 0 radical (unpaired) electrons. The third-order valence-electron chi connectivity index (χ3n) is 3.29. The van der Waals surface area contributed by atoms with Crippen LogP contribution in [0.25, 0.3) is 0 Å². The second-order valence-electron chi connectivity index (χ2n) is 4.62. The van der Waals surface area contributed by atoms with E-state index >= 15 is 0 Å². The second kappa shape index (κ2) is 7.51. The summed E-state index contributed by atoms with van der Waals surface area (Å²) in [6.45, 7) is 6.60. The molecule has 0 aromatic heterocycles. The molecule has 0 aliphatic carbocycles. The van der Waals surface area contributed by atoms with Crippen LogP contribution in [-0.2, 0) is 16.0 Å². The highest BCUT2D eigenvalue weighted by Gasteiger charge is 2.23. The van der Waals surface area contributed by atoms with E-state index in [2.05, 4.69) is 13.0 Å². The average molecular weight is 284 g/mol. The molecular formula is C15H22ClNO2. The Morgan fingerprint density at radius 1 is 1.47 bits per heavy atom. The van der Waals surface area contributed by atoms with Crippen molar-refractivity contribution < 1.29 is 9.53 Å². The predicted octanol–water partition coefficient (Wildman–Crippen LogP) is 3.16. The Bertz CT molecular complexity index is 434. The number of methoxy groups -OCH3 is 1. The molecule has 0 aliphatic heterocycles. The number of carbonyl (C=O) groups excluding carboxylic acids is 1. The molecule has 0 aliphatic rings. The lowest BCUT2D eigenvalue weighted by molar-refractivity contribution is -0.116. The van der Waals surface area contributed by atoms with Gasteiger partial charge < -0.3 is 9.64 Å². The quantitative estimate of drug-likeness (QED) is 0.751. The molecule has 0 saturated heterocycles.